The molecule has 2 aliphatic heterocycles. The highest BCUT2D eigenvalue weighted by Crippen LogP contribution is 2.35. The average molecular weight is 276 g/mol. The molecule has 1 amide bonds. The molecule has 0 aromatic rings. The van der Waals surface area contributed by atoms with Crippen LogP contribution in [0.5, 0.6) is 0 Å². The fraction of sp³-hybridized carbons (Fsp3) is 0.923. The van der Waals surface area contributed by atoms with Crippen LogP contribution in [-0.2, 0) is 4.79 Å². The van der Waals surface area contributed by atoms with E-state index in [9.17, 15) is 4.79 Å². The molecule has 2 rings (SSSR count). The molecule has 1 atom stereocenters. The number of nitrogens with zero attached hydrogens (tertiary/aromatic N) is 2. The second-order valence-electron chi connectivity index (χ2n) is 5.99. The van der Waals surface area contributed by atoms with E-state index in [0.29, 0.717) is 18.0 Å². The zero-order chi connectivity index (χ0) is 12.5. The Morgan fingerprint density at radius 1 is 1.44 bits per heavy atom. The van der Waals surface area contributed by atoms with Crippen molar-refractivity contribution < 1.29 is 4.79 Å². The van der Waals surface area contributed by atoms with Crippen molar-refractivity contribution in [2.75, 3.05) is 39.8 Å². The molecule has 0 aliphatic carbocycles. The van der Waals surface area contributed by atoms with E-state index in [1.165, 1.54) is 12.8 Å². The van der Waals surface area contributed by atoms with Gasteiger partial charge in [0.1, 0.15) is 0 Å². The van der Waals surface area contributed by atoms with Gasteiger partial charge in [-0.3, -0.25) is 9.69 Å². The molecule has 0 bridgehead atoms. The molecule has 106 valence electrons. The zero-order valence-corrected chi connectivity index (χ0v) is 12.6. The van der Waals surface area contributed by atoms with Crippen LogP contribution in [0.3, 0.4) is 0 Å². The largest absolute Gasteiger partial charge is 0.342 e. The van der Waals surface area contributed by atoms with Gasteiger partial charge in [0.25, 0.3) is 0 Å². The van der Waals surface area contributed by atoms with Gasteiger partial charge in [-0.05, 0) is 45.2 Å². The number of carbonyl (C=O) groups is 1. The average Bonchev–Trinajstić information content (AvgIpc) is 2.89. The van der Waals surface area contributed by atoms with Crippen molar-refractivity contribution in [3.8, 4) is 0 Å². The van der Waals surface area contributed by atoms with Crippen molar-refractivity contribution in [3.05, 3.63) is 0 Å². The van der Waals surface area contributed by atoms with Crippen molar-refractivity contribution in [3.63, 3.8) is 0 Å². The van der Waals surface area contributed by atoms with E-state index in [0.717, 1.165) is 26.2 Å². The van der Waals surface area contributed by atoms with E-state index >= 15 is 0 Å². The summed E-state index contributed by atoms with van der Waals surface area (Å²) in [6, 6.07) is 0.298. The van der Waals surface area contributed by atoms with Crippen LogP contribution >= 0.6 is 12.4 Å². The second kappa shape index (κ2) is 6.22. The van der Waals surface area contributed by atoms with Crippen LogP contribution in [0, 0.1) is 5.41 Å². The lowest BCUT2D eigenvalue weighted by atomic mass is 9.87. The lowest BCUT2D eigenvalue weighted by Crippen LogP contribution is -2.41. The summed E-state index contributed by atoms with van der Waals surface area (Å²) in [5.74, 6) is 0.253. The number of hydrogen-bond acceptors (Lipinski definition) is 3. The van der Waals surface area contributed by atoms with Crippen molar-refractivity contribution in [1.82, 2.24) is 15.1 Å². The lowest BCUT2D eigenvalue weighted by molar-refractivity contribution is -0.132. The van der Waals surface area contributed by atoms with Crippen molar-refractivity contribution in [1.29, 1.82) is 0 Å². The summed E-state index contributed by atoms with van der Waals surface area (Å²) < 4.78 is 0. The molecule has 2 aliphatic rings. The first kappa shape index (κ1) is 15.7. The van der Waals surface area contributed by atoms with Crippen LogP contribution in [0.15, 0.2) is 0 Å². The van der Waals surface area contributed by atoms with E-state index in [2.05, 4.69) is 24.1 Å². The van der Waals surface area contributed by atoms with Crippen molar-refractivity contribution in [2.45, 2.75) is 32.7 Å². The molecular weight excluding hydrogens is 250 g/mol. The monoisotopic (exact) mass is 275 g/mol. The third-order valence-electron chi connectivity index (χ3n) is 4.38. The van der Waals surface area contributed by atoms with Gasteiger partial charge in [-0.1, -0.05) is 0 Å². The first-order chi connectivity index (χ1) is 8.02. The van der Waals surface area contributed by atoms with Gasteiger partial charge in [0.15, 0.2) is 0 Å². The number of likely N-dealkylation sites (N-methyl/N-ethyl adjacent to an activating group) is 1. The van der Waals surface area contributed by atoms with E-state index in [1.807, 2.05) is 11.9 Å². The van der Waals surface area contributed by atoms with E-state index in [4.69, 9.17) is 0 Å². The van der Waals surface area contributed by atoms with Crippen LogP contribution < -0.4 is 5.32 Å². The van der Waals surface area contributed by atoms with Gasteiger partial charge in [0, 0.05) is 26.2 Å². The number of rotatable bonds is 3. The smallest absolute Gasteiger partial charge is 0.236 e. The maximum Gasteiger partial charge on any atom is 0.236 e. The Morgan fingerprint density at radius 2 is 2.17 bits per heavy atom. The van der Waals surface area contributed by atoms with Crippen LogP contribution in [0.4, 0.5) is 0 Å². The molecular formula is C13H26ClN3O. The van der Waals surface area contributed by atoms with Crippen LogP contribution in [0.2, 0.25) is 0 Å². The number of hydrogen-bond donors (Lipinski definition) is 1. The normalized spacial score (nSPS) is 27.8. The molecule has 0 aromatic carbocycles. The third kappa shape index (κ3) is 3.37. The summed E-state index contributed by atoms with van der Waals surface area (Å²) in [4.78, 5) is 16.2. The fourth-order valence-electron chi connectivity index (χ4n) is 2.90. The molecule has 1 N–H and O–H groups in total. The van der Waals surface area contributed by atoms with Gasteiger partial charge in [-0.25, -0.2) is 0 Å². The Hall–Kier alpha value is -0.320. The molecule has 0 saturated carbocycles. The fourth-order valence-corrected chi connectivity index (χ4v) is 2.90. The SMILES string of the molecule is CC(C)N(C)C(=O)CN1CCC2(CCNC2)C1.Cl. The molecule has 0 aromatic heterocycles. The van der Waals surface area contributed by atoms with Gasteiger partial charge in [0.05, 0.1) is 6.54 Å². The maximum atomic E-state index is 12.0. The summed E-state index contributed by atoms with van der Waals surface area (Å²) in [7, 11) is 1.90. The first-order valence-corrected chi connectivity index (χ1v) is 6.71. The zero-order valence-electron chi connectivity index (χ0n) is 11.7. The van der Waals surface area contributed by atoms with Crippen LogP contribution in [0.1, 0.15) is 26.7 Å². The maximum absolute atomic E-state index is 12.0. The Bertz CT molecular complexity index is 290. The number of amides is 1. The Kier molecular flexibility index (Phi) is 5.44. The summed E-state index contributed by atoms with van der Waals surface area (Å²) in [5.41, 5.74) is 0.469. The highest BCUT2D eigenvalue weighted by atomic mass is 35.5. The molecule has 2 heterocycles. The van der Waals surface area contributed by atoms with E-state index < -0.39 is 0 Å². The molecule has 1 unspecified atom stereocenters. The molecule has 1 spiro atoms. The Morgan fingerprint density at radius 3 is 2.72 bits per heavy atom. The standard InChI is InChI=1S/C13H25N3O.ClH/c1-11(2)15(3)12(17)8-16-7-5-13(10-16)4-6-14-9-13;/h11,14H,4-10H2,1-3H3;1H. The summed E-state index contributed by atoms with van der Waals surface area (Å²) in [6.45, 7) is 9.17. The molecule has 0 radical (unpaired) electrons. The summed E-state index contributed by atoms with van der Waals surface area (Å²) >= 11 is 0. The summed E-state index contributed by atoms with van der Waals surface area (Å²) in [6.07, 6.45) is 2.52. The van der Waals surface area contributed by atoms with E-state index in [1.54, 1.807) is 0 Å². The minimum atomic E-state index is 0. The highest BCUT2D eigenvalue weighted by molar-refractivity contribution is 5.85. The van der Waals surface area contributed by atoms with Gasteiger partial charge >= 0.3 is 0 Å². The van der Waals surface area contributed by atoms with Crippen LogP contribution in [0.25, 0.3) is 0 Å². The Labute approximate surface area is 116 Å². The molecule has 2 fully saturated rings. The Balaban J connectivity index is 0.00000162. The number of likely N-dealkylation sites (tertiary alicyclic amines) is 1. The minimum absolute atomic E-state index is 0. The lowest BCUT2D eigenvalue weighted by Gasteiger charge is -2.26. The first-order valence-electron chi connectivity index (χ1n) is 6.71. The molecule has 18 heavy (non-hydrogen) atoms. The van der Waals surface area contributed by atoms with E-state index in [-0.39, 0.29) is 18.3 Å². The third-order valence-corrected chi connectivity index (χ3v) is 4.38. The highest BCUT2D eigenvalue weighted by Gasteiger charge is 2.40. The predicted octanol–water partition coefficient (Wildman–Crippen LogP) is 0.960. The van der Waals surface area contributed by atoms with Crippen molar-refractivity contribution in [2.24, 2.45) is 5.41 Å². The summed E-state index contributed by atoms with van der Waals surface area (Å²) in [5, 5.41) is 3.45. The van der Waals surface area contributed by atoms with Crippen LogP contribution in [-0.4, -0.2) is 61.5 Å². The van der Waals surface area contributed by atoms with Gasteiger partial charge in [-0.15, -0.1) is 12.4 Å². The minimum Gasteiger partial charge on any atom is -0.342 e. The second-order valence-corrected chi connectivity index (χ2v) is 5.99. The number of carbonyl (C=O) groups excluding carboxylic acids is 1. The predicted molar refractivity (Wildman–Crippen MR) is 76.1 cm³/mol. The molecule has 2 saturated heterocycles. The number of nitrogens with one attached hydrogen (secondary N) is 1. The van der Waals surface area contributed by atoms with Gasteiger partial charge in [-0.2, -0.15) is 0 Å². The van der Waals surface area contributed by atoms with Gasteiger partial charge in [0.2, 0.25) is 5.91 Å². The van der Waals surface area contributed by atoms with Crippen molar-refractivity contribution >= 4 is 18.3 Å². The molecule has 5 heteroatoms. The van der Waals surface area contributed by atoms with Gasteiger partial charge < -0.3 is 10.2 Å². The molecule has 4 nitrogen and oxygen atoms in total. The quantitative estimate of drug-likeness (QED) is 0.833. The topological polar surface area (TPSA) is 35.6 Å². The number of halogens is 1.